The summed E-state index contributed by atoms with van der Waals surface area (Å²) in [7, 11) is 0. The van der Waals surface area contributed by atoms with Gasteiger partial charge in [-0.2, -0.15) is 0 Å². The quantitative estimate of drug-likeness (QED) is 0.136. The predicted molar refractivity (Wildman–Crippen MR) is 162 cm³/mol. The molecule has 2 fully saturated rings. The first kappa shape index (κ1) is 41.6. The summed E-state index contributed by atoms with van der Waals surface area (Å²) in [4.78, 5) is 95.6. The lowest BCUT2D eigenvalue weighted by Gasteiger charge is -2.44. The molecule has 0 aliphatic carbocycles. The highest BCUT2D eigenvalue weighted by Gasteiger charge is 2.53. The van der Waals surface area contributed by atoms with Gasteiger partial charge < -0.3 is 47.4 Å². The highest BCUT2D eigenvalue weighted by molar-refractivity contribution is 5.70. The number of hydrogen-bond acceptors (Lipinski definition) is 18. The fourth-order valence-corrected chi connectivity index (χ4v) is 5.48. The van der Waals surface area contributed by atoms with Crippen LogP contribution in [0.15, 0.2) is 12.2 Å². The molecule has 10 atom stereocenters. The number of ether oxygens (including phenoxy) is 10. The van der Waals surface area contributed by atoms with E-state index in [-0.39, 0.29) is 12.8 Å². The van der Waals surface area contributed by atoms with Crippen molar-refractivity contribution in [1.82, 2.24) is 0 Å². The number of carbonyl (C=O) groups excluding carboxylic acids is 8. The minimum Gasteiger partial charge on any atom is -0.463 e. The van der Waals surface area contributed by atoms with Crippen LogP contribution >= 0.6 is 0 Å². The van der Waals surface area contributed by atoms with Crippen LogP contribution in [-0.4, -0.2) is 122 Å². The zero-order valence-corrected chi connectivity index (χ0v) is 29.1. The van der Waals surface area contributed by atoms with Crippen LogP contribution in [0.25, 0.3) is 0 Å². The minimum absolute atomic E-state index is 0.0235. The van der Waals surface area contributed by atoms with Gasteiger partial charge in [-0.25, -0.2) is 0 Å². The van der Waals surface area contributed by atoms with Gasteiger partial charge in [0.25, 0.3) is 0 Å². The van der Waals surface area contributed by atoms with E-state index < -0.39 is 122 Å². The van der Waals surface area contributed by atoms with Gasteiger partial charge in [-0.15, -0.1) is 0 Å². The molecule has 0 N–H and O–H groups in total. The first-order valence-electron chi connectivity index (χ1n) is 15.6. The fourth-order valence-electron chi connectivity index (χ4n) is 5.48. The van der Waals surface area contributed by atoms with E-state index in [1.807, 2.05) is 0 Å². The van der Waals surface area contributed by atoms with Crippen molar-refractivity contribution < 1.29 is 85.7 Å². The molecule has 50 heavy (non-hydrogen) atoms. The summed E-state index contributed by atoms with van der Waals surface area (Å²) in [5.41, 5.74) is 0. The average Bonchev–Trinajstić information content (AvgIpc) is 2.97. The monoisotopic (exact) mass is 716 g/mol. The summed E-state index contributed by atoms with van der Waals surface area (Å²) in [5.74, 6) is -5.96. The van der Waals surface area contributed by atoms with E-state index in [0.717, 1.165) is 55.4 Å². The lowest BCUT2D eigenvalue weighted by atomic mass is 9.91. The Morgan fingerprint density at radius 3 is 0.860 bits per heavy atom. The van der Waals surface area contributed by atoms with Crippen molar-refractivity contribution in [3.05, 3.63) is 12.2 Å². The molecule has 2 aliphatic heterocycles. The van der Waals surface area contributed by atoms with Crippen LogP contribution in [0.3, 0.4) is 0 Å². The van der Waals surface area contributed by atoms with Crippen LogP contribution < -0.4 is 0 Å². The van der Waals surface area contributed by atoms with Crippen molar-refractivity contribution in [2.75, 3.05) is 13.2 Å². The summed E-state index contributed by atoms with van der Waals surface area (Å²) in [6, 6.07) is 0. The lowest BCUT2D eigenvalue weighted by Crippen LogP contribution is -2.62. The van der Waals surface area contributed by atoms with E-state index in [4.69, 9.17) is 47.4 Å². The molecular formula is C32H44O18. The SMILES string of the molecule is CC(=O)OC[C@H]1O[C@H](C/C=C/C[C@H]2O[C@H](COC(C)=O)[C@H](OC(C)=O)[C@H](OC(C)=O)[C@H]2OC(C)=O)[C@H](OC(C)=O)[C@@H](OC(C)=O)[C@H]1OC(C)=O. The van der Waals surface area contributed by atoms with Gasteiger partial charge in [-0.05, 0) is 12.8 Å². The molecule has 280 valence electrons. The molecule has 0 radical (unpaired) electrons. The van der Waals surface area contributed by atoms with Gasteiger partial charge in [0.15, 0.2) is 36.6 Å². The Morgan fingerprint density at radius 2 is 0.620 bits per heavy atom. The van der Waals surface area contributed by atoms with Gasteiger partial charge in [0.2, 0.25) is 0 Å². The first-order valence-corrected chi connectivity index (χ1v) is 15.6. The van der Waals surface area contributed by atoms with E-state index >= 15 is 0 Å². The van der Waals surface area contributed by atoms with Crippen molar-refractivity contribution >= 4 is 47.8 Å². The number of rotatable bonds is 14. The Kier molecular flexibility index (Phi) is 16.3. The number of hydrogen-bond donors (Lipinski definition) is 0. The van der Waals surface area contributed by atoms with Crippen molar-refractivity contribution in [2.24, 2.45) is 0 Å². The number of carbonyl (C=O) groups is 8. The molecule has 2 aliphatic rings. The summed E-state index contributed by atoms with van der Waals surface area (Å²) >= 11 is 0. The molecule has 18 heteroatoms. The molecule has 0 saturated carbocycles. The van der Waals surface area contributed by atoms with Crippen LogP contribution in [0.2, 0.25) is 0 Å². The molecule has 2 heterocycles. The molecule has 0 aromatic rings. The Labute approximate surface area is 288 Å². The van der Waals surface area contributed by atoms with Gasteiger partial charge >= 0.3 is 47.8 Å². The second-order valence-electron chi connectivity index (χ2n) is 11.4. The fraction of sp³-hybridized carbons (Fsp3) is 0.688. The van der Waals surface area contributed by atoms with Crippen molar-refractivity contribution in [2.45, 2.75) is 129 Å². The van der Waals surface area contributed by atoms with Gasteiger partial charge in [0.1, 0.15) is 37.6 Å². The molecule has 0 bridgehead atoms. The normalized spacial score (nSPS) is 29.1. The third-order valence-corrected chi connectivity index (χ3v) is 7.08. The number of esters is 8. The molecule has 0 spiro atoms. The second-order valence-corrected chi connectivity index (χ2v) is 11.4. The van der Waals surface area contributed by atoms with Crippen LogP contribution in [0.1, 0.15) is 68.2 Å². The van der Waals surface area contributed by atoms with Crippen molar-refractivity contribution in [3.63, 3.8) is 0 Å². The van der Waals surface area contributed by atoms with Crippen molar-refractivity contribution in [1.29, 1.82) is 0 Å². The van der Waals surface area contributed by atoms with Crippen LogP contribution in [-0.2, 0) is 85.7 Å². The minimum atomic E-state index is -1.35. The zero-order chi connectivity index (χ0) is 37.7. The molecule has 18 nitrogen and oxygen atoms in total. The predicted octanol–water partition coefficient (Wildman–Crippen LogP) is 0.574. The Balaban J connectivity index is 2.45. The maximum Gasteiger partial charge on any atom is 0.303 e. The van der Waals surface area contributed by atoms with E-state index in [1.165, 1.54) is 0 Å². The summed E-state index contributed by atoms with van der Waals surface area (Å²) in [6.45, 7) is 8.18. The largest absolute Gasteiger partial charge is 0.463 e. The highest BCUT2D eigenvalue weighted by atomic mass is 16.7. The molecular weight excluding hydrogens is 672 g/mol. The highest BCUT2D eigenvalue weighted by Crippen LogP contribution is 2.33. The molecule has 0 unspecified atom stereocenters. The van der Waals surface area contributed by atoms with Gasteiger partial charge in [0.05, 0.1) is 0 Å². The van der Waals surface area contributed by atoms with E-state index in [0.29, 0.717) is 0 Å². The Morgan fingerprint density at radius 1 is 0.380 bits per heavy atom. The molecule has 0 aromatic heterocycles. The van der Waals surface area contributed by atoms with Crippen LogP contribution in [0.5, 0.6) is 0 Å². The van der Waals surface area contributed by atoms with Gasteiger partial charge in [-0.1, -0.05) is 12.2 Å². The van der Waals surface area contributed by atoms with E-state index in [1.54, 1.807) is 12.2 Å². The van der Waals surface area contributed by atoms with Gasteiger partial charge in [-0.3, -0.25) is 38.4 Å². The zero-order valence-electron chi connectivity index (χ0n) is 29.1. The summed E-state index contributed by atoms with van der Waals surface area (Å²) in [6.07, 6.45) is -9.18. The molecule has 2 rings (SSSR count). The lowest BCUT2D eigenvalue weighted by molar-refractivity contribution is -0.252. The first-order chi connectivity index (χ1) is 23.4. The van der Waals surface area contributed by atoms with Crippen LogP contribution in [0.4, 0.5) is 0 Å². The second kappa shape index (κ2) is 19.6. The smallest absolute Gasteiger partial charge is 0.303 e. The molecule has 0 amide bonds. The maximum absolute atomic E-state index is 12.1. The average molecular weight is 717 g/mol. The van der Waals surface area contributed by atoms with E-state index in [9.17, 15) is 38.4 Å². The standard InChI is InChI=1S/C32H44O18/c1-15(33)41-13-25-29(45-19(5)37)31(47-21(7)39)27(43-17(3)35)23(49-25)11-9-10-12-24-28(44-18(4)36)32(48-22(8)40)30(46-20(6)38)26(50-24)14-42-16(2)34/h9-10,23-32H,11-14H2,1-8H3/b10-9+/t23-,24-,25-,26-,27+,28+,29+,30+,31-,32-/m1/s1. The Hall–Kier alpha value is -4.58. The van der Waals surface area contributed by atoms with E-state index in [2.05, 4.69) is 0 Å². The topological polar surface area (TPSA) is 229 Å². The van der Waals surface area contributed by atoms with Gasteiger partial charge in [0, 0.05) is 55.4 Å². The maximum atomic E-state index is 12.1. The summed E-state index contributed by atoms with van der Waals surface area (Å²) in [5, 5.41) is 0. The Bertz CT molecular complexity index is 1200. The molecule has 2 saturated heterocycles. The molecule has 0 aromatic carbocycles. The third-order valence-electron chi connectivity index (χ3n) is 7.08. The van der Waals surface area contributed by atoms with Crippen LogP contribution in [0, 0.1) is 0 Å². The third kappa shape index (κ3) is 13.4. The van der Waals surface area contributed by atoms with Crippen molar-refractivity contribution in [3.8, 4) is 0 Å². The summed E-state index contributed by atoms with van der Waals surface area (Å²) < 4.78 is 55.0.